The van der Waals surface area contributed by atoms with Crippen LogP contribution >= 0.6 is 0 Å². The van der Waals surface area contributed by atoms with Crippen molar-refractivity contribution in [3.05, 3.63) is 65.7 Å². The summed E-state index contributed by atoms with van der Waals surface area (Å²) in [7, 11) is 0. The highest BCUT2D eigenvalue weighted by atomic mass is 19.1. The molecule has 5 rings (SSSR count). The number of carbonyl (C=O) groups is 2. The molecule has 0 saturated carbocycles. The maximum absolute atomic E-state index is 13.5. The summed E-state index contributed by atoms with van der Waals surface area (Å²) in [5.41, 5.74) is 2.45. The van der Waals surface area contributed by atoms with Gasteiger partial charge in [-0.3, -0.25) is 14.5 Å². The third kappa shape index (κ3) is 3.84. The van der Waals surface area contributed by atoms with Crippen molar-refractivity contribution in [2.45, 2.75) is 31.3 Å². The fourth-order valence-electron chi connectivity index (χ4n) is 4.91. The number of carboxylic acid groups (broad SMARTS) is 2. The van der Waals surface area contributed by atoms with Gasteiger partial charge in [0.2, 0.25) is 0 Å². The summed E-state index contributed by atoms with van der Waals surface area (Å²) in [5.74, 6) is -2.27. The Kier molecular flexibility index (Phi) is 5.33. The predicted molar refractivity (Wildman–Crippen MR) is 117 cm³/mol. The quantitative estimate of drug-likeness (QED) is 0.456. The van der Waals surface area contributed by atoms with Crippen molar-refractivity contribution in [3.8, 4) is 0 Å². The summed E-state index contributed by atoms with van der Waals surface area (Å²) >= 11 is 0. The van der Waals surface area contributed by atoms with Gasteiger partial charge in [-0.2, -0.15) is 0 Å². The lowest BCUT2D eigenvalue weighted by Gasteiger charge is -2.35. The number of piperidine rings is 1. The molecule has 0 amide bonds. The second kappa shape index (κ2) is 8.32. The van der Waals surface area contributed by atoms with Crippen molar-refractivity contribution in [2.75, 3.05) is 13.1 Å². The molecular formula is C24H22FN3O5. The first-order chi connectivity index (χ1) is 15.9. The van der Waals surface area contributed by atoms with Crippen LogP contribution < -0.4 is 0 Å². The maximum atomic E-state index is 13.5. The fraction of sp³-hybridized carbons (Fsp3) is 0.292. The smallest absolute Gasteiger partial charge is 0.325 e. The van der Waals surface area contributed by atoms with Crippen LogP contribution in [0, 0.1) is 5.82 Å². The summed E-state index contributed by atoms with van der Waals surface area (Å²) in [5, 5.41) is 25.0. The number of hydrogen-bond acceptors (Lipinski definition) is 5. The number of halogens is 1. The topological polar surface area (TPSA) is 109 Å². The van der Waals surface area contributed by atoms with Crippen molar-refractivity contribution in [1.29, 1.82) is 0 Å². The molecule has 33 heavy (non-hydrogen) atoms. The molecule has 1 aliphatic heterocycles. The first-order valence-electron chi connectivity index (χ1n) is 10.7. The number of nitrogens with zero attached hydrogens (tertiary/aromatic N) is 3. The Morgan fingerprint density at radius 3 is 2.61 bits per heavy atom. The normalized spacial score (nSPS) is 16.4. The van der Waals surface area contributed by atoms with Gasteiger partial charge in [-0.05, 0) is 44.1 Å². The second-order valence-electron chi connectivity index (χ2n) is 8.38. The lowest BCUT2D eigenvalue weighted by Crippen LogP contribution is -2.39. The van der Waals surface area contributed by atoms with Crippen molar-refractivity contribution in [3.63, 3.8) is 0 Å². The Hall–Kier alpha value is -3.72. The minimum Gasteiger partial charge on any atom is -0.480 e. The Labute approximate surface area is 187 Å². The van der Waals surface area contributed by atoms with Crippen LogP contribution in [0.4, 0.5) is 4.39 Å². The second-order valence-corrected chi connectivity index (χ2v) is 8.38. The monoisotopic (exact) mass is 451 g/mol. The van der Waals surface area contributed by atoms with E-state index < -0.39 is 18.0 Å². The predicted octanol–water partition coefficient (Wildman–Crippen LogP) is 4.01. The molecule has 0 aliphatic carbocycles. The SMILES string of the molecule is O=C(O)Cn1cc(C(C(=O)O)N2CCC(c3noc4cc(F)ccc34)CC2)c2ccccc21. The molecule has 0 spiro atoms. The van der Waals surface area contributed by atoms with Gasteiger partial charge in [-0.1, -0.05) is 23.4 Å². The molecular weight excluding hydrogens is 429 g/mol. The van der Waals surface area contributed by atoms with Gasteiger partial charge in [0.15, 0.2) is 5.58 Å². The molecule has 4 aromatic rings. The number of fused-ring (bicyclic) bond motifs is 2. The minimum absolute atomic E-state index is 0.0794. The first-order valence-corrected chi connectivity index (χ1v) is 10.7. The number of aliphatic carboxylic acids is 2. The summed E-state index contributed by atoms with van der Waals surface area (Å²) in [6.07, 6.45) is 3.00. The molecule has 0 radical (unpaired) electrons. The minimum atomic E-state index is -0.991. The molecule has 2 aromatic carbocycles. The molecule has 1 unspecified atom stereocenters. The number of rotatable bonds is 6. The van der Waals surface area contributed by atoms with E-state index in [4.69, 9.17) is 4.52 Å². The summed E-state index contributed by atoms with van der Waals surface area (Å²) in [6, 6.07) is 10.7. The van der Waals surface area contributed by atoms with E-state index in [1.807, 2.05) is 17.0 Å². The number of likely N-dealkylation sites (tertiary alicyclic amines) is 1. The molecule has 8 nitrogen and oxygen atoms in total. The van der Waals surface area contributed by atoms with Crippen molar-refractivity contribution < 1.29 is 28.7 Å². The van der Waals surface area contributed by atoms with Crippen molar-refractivity contribution >= 4 is 33.8 Å². The van der Waals surface area contributed by atoms with E-state index in [9.17, 15) is 24.2 Å². The number of hydrogen-bond donors (Lipinski definition) is 2. The molecule has 170 valence electrons. The molecule has 1 saturated heterocycles. The summed E-state index contributed by atoms with van der Waals surface area (Å²) in [6.45, 7) is 0.806. The highest BCUT2D eigenvalue weighted by molar-refractivity contribution is 5.90. The molecule has 0 bridgehead atoms. The number of para-hydroxylation sites is 1. The lowest BCUT2D eigenvalue weighted by atomic mass is 9.90. The largest absolute Gasteiger partial charge is 0.480 e. The number of aromatic nitrogens is 2. The molecule has 9 heteroatoms. The zero-order valence-electron chi connectivity index (χ0n) is 17.6. The third-order valence-electron chi connectivity index (χ3n) is 6.40. The summed E-state index contributed by atoms with van der Waals surface area (Å²) in [4.78, 5) is 25.6. The van der Waals surface area contributed by atoms with Crippen LogP contribution in [-0.2, 0) is 16.1 Å². The molecule has 1 aliphatic rings. The van der Waals surface area contributed by atoms with E-state index in [0.717, 1.165) is 16.5 Å². The Bertz CT molecular complexity index is 1350. The molecule has 1 fully saturated rings. The molecule has 2 aromatic heterocycles. The van der Waals surface area contributed by atoms with Gasteiger partial charge in [0.1, 0.15) is 18.4 Å². The van der Waals surface area contributed by atoms with Gasteiger partial charge in [-0.25, -0.2) is 4.39 Å². The average Bonchev–Trinajstić information content (AvgIpc) is 3.36. The molecule has 3 heterocycles. The number of carboxylic acids is 2. The Balaban J connectivity index is 1.42. The van der Waals surface area contributed by atoms with Crippen LogP contribution in [0.3, 0.4) is 0 Å². The van der Waals surface area contributed by atoms with Crippen LogP contribution in [-0.4, -0.2) is 49.9 Å². The van der Waals surface area contributed by atoms with Gasteiger partial charge in [-0.15, -0.1) is 0 Å². The highest BCUT2D eigenvalue weighted by Gasteiger charge is 2.34. The zero-order chi connectivity index (χ0) is 23.1. The van der Waals surface area contributed by atoms with E-state index >= 15 is 0 Å². The average molecular weight is 451 g/mol. The van der Waals surface area contributed by atoms with Gasteiger partial charge in [0.05, 0.1) is 5.69 Å². The van der Waals surface area contributed by atoms with Gasteiger partial charge in [0.25, 0.3) is 0 Å². The van der Waals surface area contributed by atoms with Crippen LogP contribution in [0.15, 0.2) is 53.2 Å². The van der Waals surface area contributed by atoms with E-state index in [2.05, 4.69) is 5.16 Å². The highest BCUT2D eigenvalue weighted by Crippen LogP contribution is 2.37. The lowest BCUT2D eigenvalue weighted by molar-refractivity contribution is -0.144. The van der Waals surface area contributed by atoms with Gasteiger partial charge in [0, 0.05) is 40.0 Å². The van der Waals surface area contributed by atoms with E-state index in [-0.39, 0.29) is 18.3 Å². The van der Waals surface area contributed by atoms with Crippen LogP contribution in [0.1, 0.15) is 36.1 Å². The third-order valence-corrected chi connectivity index (χ3v) is 6.40. The van der Waals surface area contributed by atoms with E-state index in [1.165, 1.54) is 12.1 Å². The van der Waals surface area contributed by atoms with Crippen LogP contribution in [0.5, 0.6) is 0 Å². The Morgan fingerprint density at radius 2 is 1.88 bits per heavy atom. The van der Waals surface area contributed by atoms with Crippen molar-refractivity contribution in [2.24, 2.45) is 0 Å². The van der Waals surface area contributed by atoms with E-state index in [0.29, 0.717) is 42.6 Å². The van der Waals surface area contributed by atoms with Gasteiger partial charge < -0.3 is 19.3 Å². The standard InChI is InChI=1S/C24H22FN3O5/c25-15-5-6-17-20(11-15)33-26-22(17)14-7-9-27(10-8-14)23(24(31)32)18-12-28(13-21(29)30)19-4-2-1-3-16(18)19/h1-6,11-12,14,23H,7-10,13H2,(H,29,30)(H,31,32). The fourth-order valence-corrected chi connectivity index (χ4v) is 4.91. The van der Waals surface area contributed by atoms with Crippen molar-refractivity contribution in [1.82, 2.24) is 14.6 Å². The molecule has 1 atom stereocenters. The van der Waals surface area contributed by atoms with Crippen LogP contribution in [0.25, 0.3) is 21.9 Å². The first kappa shape index (κ1) is 21.1. The summed E-state index contributed by atoms with van der Waals surface area (Å²) < 4.78 is 20.3. The number of benzene rings is 2. The van der Waals surface area contributed by atoms with E-state index in [1.54, 1.807) is 29.0 Å². The maximum Gasteiger partial charge on any atom is 0.325 e. The Morgan fingerprint density at radius 1 is 1.12 bits per heavy atom. The molecule has 2 N–H and O–H groups in total. The van der Waals surface area contributed by atoms with Gasteiger partial charge >= 0.3 is 11.9 Å². The zero-order valence-corrected chi connectivity index (χ0v) is 17.6. The van der Waals surface area contributed by atoms with Crippen LogP contribution in [0.2, 0.25) is 0 Å².